The molecule has 5 aromatic rings. The van der Waals surface area contributed by atoms with Crippen LogP contribution in [0.25, 0.3) is 21.6 Å². The van der Waals surface area contributed by atoms with Gasteiger partial charge in [0.15, 0.2) is 16.1 Å². The van der Waals surface area contributed by atoms with Gasteiger partial charge in [-0.15, -0.1) is 10.2 Å². The summed E-state index contributed by atoms with van der Waals surface area (Å²) >= 11 is 2.84. The first-order valence-corrected chi connectivity index (χ1v) is 12.1. The van der Waals surface area contributed by atoms with Gasteiger partial charge in [-0.2, -0.15) is 0 Å². The maximum atomic E-state index is 12.9. The van der Waals surface area contributed by atoms with E-state index >= 15 is 0 Å². The van der Waals surface area contributed by atoms with Crippen molar-refractivity contribution in [2.45, 2.75) is 23.9 Å². The molecular weight excluding hydrogens is 452 g/mol. The van der Waals surface area contributed by atoms with Crippen LogP contribution >= 0.6 is 23.1 Å². The van der Waals surface area contributed by atoms with E-state index in [0.717, 1.165) is 21.3 Å². The molecule has 3 aromatic heterocycles. The van der Waals surface area contributed by atoms with Gasteiger partial charge in [-0.05, 0) is 36.8 Å². The van der Waals surface area contributed by atoms with Crippen molar-refractivity contribution in [3.63, 3.8) is 0 Å². The van der Waals surface area contributed by atoms with Gasteiger partial charge < -0.3 is 5.32 Å². The molecule has 33 heavy (non-hydrogen) atoms. The molecule has 1 unspecified atom stereocenters. The summed E-state index contributed by atoms with van der Waals surface area (Å²) in [6.07, 6.45) is 3.49. The maximum absolute atomic E-state index is 12.9. The number of carbonyl (C=O) groups excluding carboxylic acids is 1. The molecule has 0 aliphatic rings. The Morgan fingerprint density at radius 1 is 1.06 bits per heavy atom. The molecule has 1 N–H and O–H groups in total. The van der Waals surface area contributed by atoms with Crippen molar-refractivity contribution in [3.8, 4) is 11.4 Å². The molecule has 0 saturated heterocycles. The molecule has 0 bridgehead atoms. The lowest BCUT2D eigenvalue weighted by atomic mass is 10.2. The lowest BCUT2D eigenvalue weighted by Crippen LogP contribution is -2.23. The summed E-state index contributed by atoms with van der Waals surface area (Å²) in [6, 6.07) is 21.8. The van der Waals surface area contributed by atoms with Crippen molar-refractivity contribution in [2.24, 2.45) is 0 Å². The molecule has 0 aliphatic heterocycles. The fourth-order valence-corrected chi connectivity index (χ4v) is 5.05. The largest absolute Gasteiger partial charge is 0.301 e. The molecule has 164 valence electrons. The van der Waals surface area contributed by atoms with Crippen molar-refractivity contribution in [1.82, 2.24) is 24.7 Å². The standard InChI is InChI=1S/C24H20N6OS2/c1-16(22(31)27-23-26-19-11-5-6-12-20(19)33-23)32-24-29-28-21(18-10-7-13-25-14-18)30(24)15-17-8-3-2-4-9-17/h2-14,16H,15H2,1H3,(H,26,27,31). The number of benzene rings is 2. The number of thioether (sulfide) groups is 1. The fraction of sp³-hybridized carbons (Fsp3) is 0.125. The maximum Gasteiger partial charge on any atom is 0.239 e. The van der Waals surface area contributed by atoms with Crippen molar-refractivity contribution in [1.29, 1.82) is 0 Å². The quantitative estimate of drug-likeness (QED) is 0.331. The zero-order chi connectivity index (χ0) is 22.6. The molecule has 0 spiro atoms. The van der Waals surface area contributed by atoms with E-state index in [4.69, 9.17) is 0 Å². The third kappa shape index (κ3) is 4.79. The molecule has 0 radical (unpaired) electrons. The average molecular weight is 473 g/mol. The fourth-order valence-electron chi connectivity index (χ4n) is 3.34. The monoisotopic (exact) mass is 472 g/mol. The zero-order valence-electron chi connectivity index (χ0n) is 17.8. The Hall–Kier alpha value is -3.56. The normalized spacial score (nSPS) is 12.0. The highest BCUT2D eigenvalue weighted by Gasteiger charge is 2.22. The summed E-state index contributed by atoms with van der Waals surface area (Å²) in [7, 11) is 0. The van der Waals surface area contributed by atoms with Crippen LogP contribution < -0.4 is 5.32 Å². The number of hydrogen-bond acceptors (Lipinski definition) is 7. The number of para-hydroxylation sites is 1. The molecule has 5 rings (SSSR count). The van der Waals surface area contributed by atoms with Crippen molar-refractivity contribution in [3.05, 3.63) is 84.7 Å². The third-order valence-electron chi connectivity index (χ3n) is 5.00. The Balaban J connectivity index is 1.38. The van der Waals surface area contributed by atoms with Gasteiger partial charge in [0.05, 0.1) is 22.0 Å². The summed E-state index contributed by atoms with van der Waals surface area (Å²) < 4.78 is 3.06. The minimum absolute atomic E-state index is 0.128. The molecule has 1 amide bonds. The minimum atomic E-state index is -0.391. The lowest BCUT2D eigenvalue weighted by molar-refractivity contribution is -0.115. The molecule has 1 atom stereocenters. The summed E-state index contributed by atoms with van der Waals surface area (Å²) in [5, 5.41) is 12.6. The van der Waals surface area contributed by atoms with Crippen LogP contribution in [0.15, 0.2) is 84.3 Å². The number of pyridine rings is 1. The number of carbonyl (C=O) groups is 1. The van der Waals surface area contributed by atoms with Gasteiger partial charge in [-0.25, -0.2) is 4.98 Å². The number of nitrogens with one attached hydrogen (secondary N) is 1. The molecule has 2 aromatic carbocycles. The number of amides is 1. The van der Waals surface area contributed by atoms with Gasteiger partial charge in [-0.3, -0.25) is 14.3 Å². The van der Waals surface area contributed by atoms with Crippen LogP contribution in [0, 0.1) is 0 Å². The molecule has 0 fully saturated rings. The Morgan fingerprint density at radius 3 is 2.67 bits per heavy atom. The van der Waals surface area contributed by atoms with Crippen molar-refractivity contribution >= 4 is 44.4 Å². The van der Waals surface area contributed by atoms with Gasteiger partial charge in [0.25, 0.3) is 0 Å². The predicted octanol–water partition coefficient (Wildman–Crippen LogP) is 5.12. The highest BCUT2D eigenvalue weighted by molar-refractivity contribution is 8.00. The minimum Gasteiger partial charge on any atom is -0.301 e. The molecule has 0 aliphatic carbocycles. The topological polar surface area (TPSA) is 85.6 Å². The first-order valence-electron chi connectivity index (χ1n) is 10.4. The molecule has 0 saturated carbocycles. The second-order valence-electron chi connectivity index (χ2n) is 7.36. The highest BCUT2D eigenvalue weighted by Crippen LogP contribution is 2.30. The Labute approximate surface area is 198 Å². The lowest BCUT2D eigenvalue weighted by Gasteiger charge is -2.13. The SMILES string of the molecule is CC(Sc1nnc(-c2cccnc2)n1Cc1ccccc1)C(=O)Nc1nc2ccccc2s1. The first kappa shape index (κ1) is 21.3. The van der Waals surface area contributed by atoms with Gasteiger partial charge in [-0.1, -0.05) is 65.6 Å². The second kappa shape index (κ2) is 9.51. The number of hydrogen-bond donors (Lipinski definition) is 1. The first-order chi connectivity index (χ1) is 16.2. The smallest absolute Gasteiger partial charge is 0.239 e. The van der Waals surface area contributed by atoms with Gasteiger partial charge in [0.1, 0.15) is 0 Å². The molecule has 3 heterocycles. The van der Waals surface area contributed by atoms with Crippen molar-refractivity contribution in [2.75, 3.05) is 5.32 Å². The van der Waals surface area contributed by atoms with Crippen LogP contribution in [-0.2, 0) is 11.3 Å². The van der Waals surface area contributed by atoms with Gasteiger partial charge in [0, 0.05) is 18.0 Å². The predicted molar refractivity (Wildman–Crippen MR) is 132 cm³/mol. The summed E-state index contributed by atoms with van der Waals surface area (Å²) in [6.45, 7) is 2.45. The number of aromatic nitrogens is 5. The number of fused-ring (bicyclic) bond motifs is 1. The van der Waals surface area contributed by atoms with Crippen molar-refractivity contribution < 1.29 is 4.79 Å². The summed E-state index contributed by atoms with van der Waals surface area (Å²) in [4.78, 5) is 21.6. The van der Waals surface area contributed by atoms with Gasteiger partial charge in [0.2, 0.25) is 5.91 Å². The number of thiazole rings is 1. The summed E-state index contributed by atoms with van der Waals surface area (Å²) in [5.41, 5.74) is 2.87. The Morgan fingerprint density at radius 2 is 1.88 bits per heavy atom. The van der Waals surface area contributed by atoms with Crippen LogP contribution in [0.3, 0.4) is 0 Å². The van der Waals surface area contributed by atoms with E-state index in [-0.39, 0.29) is 5.91 Å². The van der Waals surface area contributed by atoms with Gasteiger partial charge >= 0.3 is 0 Å². The van der Waals surface area contributed by atoms with E-state index in [1.54, 1.807) is 12.4 Å². The Bertz CT molecular complexity index is 1350. The van der Waals surface area contributed by atoms with Crippen LogP contribution in [0.1, 0.15) is 12.5 Å². The van der Waals surface area contributed by atoms with Crippen LogP contribution in [-0.4, -0.2) is 35.9 Å². The van der Waals surface area contributed by atoms with Crippen LogP contribution in [0.5, 0.6) is 0 Å². The number of anilines is 1. The third-order valence-corrected chi connectivity index (χ3v) is 7.03. The molecular formula is C24H20N6OS2. The average Bonchev–Trinajstić information content (AvgIpc) is 3.43. The molecule has 9 heteroatoms. The highest BCUT2D eigenvalue weighted by atomic mass is 32.2. The van der Waals surface area contributed by atoms with Crippen LogP contribution in [0.4, 0.5) is 5.13 Å². The van der Waals surface area contributed by atoms with E-state index in [0.29, 0.717) is 22.7 Å². The van der Waals surface area contributed by atoms with E-state index in [9.17, 15) is 4.79 Å². The number of nitrogens with zero attached hydrogens (tertiary/aromatic N) is 5. The Kier molecular flexibility index (Phi) is 6.14. The van der Waals surface area contributed by atoms with E-state index < -0.39 is 5.25 Å². The van der Waals surface area contributed by atoms with E-state index in [1.165, 1.54) is 23.1 Å². The van der Waals surface area contributed by atoms with E-state index in [1.807, 2.05) is 66.1 Å². The number of rotatable bonds is 7. The summed E-state index contributed by atoms with van der Waals surface area (Å²) in [5.74, 6) is 0.587. The molecule has 7 nitrogen and oxygen atoms in total. The zero-order valence-corrected chi connectivity index (χ0v) is 19.4. The van der Waals surface area contributed by atoms with Crippen LogP contribution in [0.2, 0.25) is 0 Å². The second-order valence-corrected chi connectivity index (χ2v) is 9.69. The van der Waals surface area contributed by atoms with E-state index in [2.05, 4.69) is 37.6 Å².